The van der Waals surface area contributed by atoms with Crippen LogP contribution in [-0.2, 0) is 6.42 Å². The number of para-hydroxylation sites is 1. The maximum absolute atomic E-state index is 12.6. The van der Waals surface area contributed by atoms with Gasteiger partial charge in [-0.1, -0.05) is 42.8 Å². The van der Waals surface area contributed by atoms with Gasteiger partial charge < -0.3 is 0 Å². The lowest BCUT2D eigenvalue weighted by atomic mass is 10.3. The van der Waals surface area contributed by atoms with Crippen LogP contribution in [0.25, 0.3) is 5.69 Å². The molecule has 3 aromatic rings. The monoisotopic (exact) mass is 341 g/mol. The highest BCUT2D eigenvalue weighted by Gasteiger charge is 2.15. The second-order valence-electron chi connectivity index (χ2n) is 5.10. The van der Waals surface area contributed by atoms with Crippen molar-refractivity contribution in [1.29, 1.82) is 0 Å². The van der Waals surface area contributed by atoms with E-state index in [2.05, 4.69) is 9.97 Å². The molecule has 1 heterocycles. The molecule has 0 spiro atoms. The van der Waals surface area contributed by atoms with E-state index in [9.17, 15) is 4.79 Å². The molecule has 0 unspecified atom stereocenters. The number of hydrazine groups is 1. The van der Waals surface area contributed by atoms with Crippen LogP contribution in [0.2, 0.25) is 5.02 Å². The van der Waals surface area contributed by atoms with Gasteiger partial charge >= 0.3 is 5.69 Å². The van der Waals surface area contributed by atoms with Crippen LogP contribution in [-0.4, -0.2) is 14.5 Å². The van der Waals surface area contributed by atoms with Crippen molar-refractivity contribution in [3.63, 3.8) is 0 Å². The predicted octanol–water partition coefficient (Wildman–Crippen LogP) is 2.86. The first-order valence-corrected chi connectivity index (χ1v) is 7.83. The number of rotatable bonds is 4. The lowest BCUT2D eigenvalue weighted by Crippen LogP contribution is -2.33. The standard InChI is InChI=1S/C17H16ClN5O/c1-2-15-20-16(23(19)13-8-4-3-5-9-13)21-17(24)22(15)14-10-6-7-12(18)11-14/h3-11H,2,19H2,1H3. The molecule has 2 aromatic carbocycles. The first kappa shape index (κ1) is 16.2. The highest BCUT2D eigenvalue weighted by Crippen LogP contribution is 2.19. The molecule has 0 saturated carbocycles. The van der Waals surface area contributed by atoms with E-state index in [1.807, 2.05) is 37.3 Å². The van der Waals surface area contributed by atoms with Gasteiger partial charge in [-0.25, -0.2) is 20.2 Å². The number of hydrogen-bond donors (Lipinski definition) is 1. The number of hydrogen-bond acceptors (Lipinski definition) is 5. The molecular weight excluding hydrogens is 326 g/mol. The average molecular weight is 342 g/mol. The third kappa shape index (κ3) is 3.15. The summed E-state index contributed by atoms with van der Waals surface area (Å²) >= 11 is 6.02. The van der Waals surface area contributed by atoms with E-state index in [0.717, 1.165) is 0 Å². The molecule has 3 rings (SSSR count). The van der Waals surface area contributed by atoms with Crippen molar-refractivity contribution in [3.05, 3.63) is 75.9 Å². The Hall–Kier alpha value is -2.70. The minimum Gasteiger partial charge on any atom is -0.248 e. The Kier molecular flexibility index (Phi) is 4.59. The minimum atomic E-state index is -0.453. The summed E-state index contributed by atoms with van der Waals surface area (Å²) in [4.78, 5) is 21.0. The Bertz CT molecular complexity index is 910. The van der Waals surface area contributed by atoms with Crippen molar-refractivity contribution >= 4 is 23.2 Å². The fraction of sp³-hybridized carbons (Fsp3) is 0.118. The summed E-state index contributed by atoms with van der Waals surface area (Å²) in [6, 6.07) is 16.2. The summed E-state index contributed by atoms with van der Waals surface area (Å²) in [6.45, 7) is 1.91. The van der Waals surface area contributed by atoms with Crippen LogP contribution >= 0.6 is 11.6 Å². The maximum Gasteiger partial charge on any atom is 0.356 e. The van der Waals surface area contributed by atoms with Gasteiger partial charge in [0, 0.05) is 11.4 Å². The van der Waals surface area contributed by atoms with Crippen molar-refractivity contribution in [3.8, 4) is 5.69 Å². The molecule has 122 valence electrons. The average Bonchev–Trinajstić information content (AvgIpc) is 2.61. The fourth-order valence-corrected chi connectivity index (χ4v) is 2.54. The number of nitrogens with two attached hydrogens (primary N) is 1. The van der Waals surface area contributed by atoms with Crippen molar-refractivity contribution < 1.29 is 0 Å². The molecule has 0 fully saturated rings. The van der Waals surface area contributed by atoms with Gasteiger partial charge in [0.1, 0.15) is 5.82 Å². The zero-order chi connectivity index (χ0) is 17.1. The summed E-state index contributed by atoms with van der Waals surface area (Å²) in [6.07, 6.45) is 0.542. The highest BCUT2D eigenvalue weighted by molar-refractivity contribution is 6.30. The van der Waals surface area contributed by atoms with E-state index >= 15 is 0 Å². The van der Waals surface area contributed by atoms with E-state index in [1.54, 1.807) is 24.3 Å². The largest absolute Gasteiger partial charge is 0.356 e. The second-order valence-corrected chi connectivity index (χ2v) is 5.53. The van der Waals surface area contributed by atoms with Gasteiger partial charge in [-0.05, 0) is 30.3 Å². The van der Waals surface area contributed by atoms with Gasteiger partial charge in [-0.2, -0.15) is 9.97 Å². The molecule has 2 N–H and O–H groups in total. The molecule has 0 radical (unpaired) electrons. The predicted molar refractivity (Wildman–Crippen MR) is 94.8 cm³/mol. The van der Waals surface area contributed by atoms with Crippen LogP contribution in [0.3, 0.4) is 0 Å². The van der Waals surface area contributed by atoms with Crippen molar-refractivity contribution in [2.45, 2.75) is 13.3 Å². The number of benzene rings is 2. The number of aromatic nitrogens is 3. The Morgan fingerprint density at radius 3 is 2.54 bits per heavy atom. The number of anilines is 2. The second kappa shape index (κ2) is 6.82. The van der Waals surface area contributed by atoms with Gasteiger partial charge in [0.2, 0.25) is 0 Å². The molecule has 0 saturated heterocycles. The summed E-state index contributed by atoms with van der Waals surface area (Å²) in [5, 5.41) is 1.83. The number of nitrogens with zero attached hydrogens (tertiary/aromatic N) is 4. The summed E-state index contributed by atoms with van der Waals surface area (Å²) in [5.74, 6) is 6.77. The SMILES string of the molecule is CCc1nc(N(N)c2ccccc2)nc(=O)n1-c1cccc(Cl)c1. The molecule has 0 aliphatic heterocycles. The van der Waals surface area contributed by atoms with Crippen LogP contribution in [0, 0.1) is 0 Å². The molecule has 0 amide bonds. The Labute approximate surface area is 144 Å². The van der Waals surface area contributed by atoms with E-state index in [1.165, 1.54) is 9.58 Å². The van der Waals surface area contributed by atoms with Crippen LogP contribution in [0.5, 0.6) is 0 Å². The summed E-state index contributed by atoms with van der Waals surface area (Å²) in [5.41, 5.74) is 0.865. The maximum atomic E-state index is 12.6. The molecule has 0 atom stereocenters. The third-order valence-electron chi connectivity index (χ3n) is 3.51. The molecule has 6 nitrogen and oxygen atoms in total. The van der Waals surface area contributed by atoms with Gasteiger partial charge in [0.25, 0.3) is 5.95 Å². The van der Waals surface area contributed by atoms with Gasteiger partial charge in [0.05, 0.1) is 11.4 Å². The summed E-state index contributed by atoms with van der Waals surface area (Å²) < 4.78 is 1.44. The van der Waals surface area contributed by atoms with Crippen molar-refractivity contribution in [2.24, 2.45) is 5.84 Å². The van der Waals surface area contributed by atoms with Crippen molar-refractivity contribution in [2.75, 3.05) is 5.01 Å². The van der Waals surface area contributed by atoms with Crippen LogP contribution in [0.4, 0.5) is 11.6 Å². The molecule has 0 aliphatic carbocycles. The van der Waals surface area contributed by atoms with Gasteiger partial charge in [-0.3, -0.25) is 0 Å². The van der Waals surface area contributed by atoms with Gasteiger partial charge in [-0.15, -0.1) is 0 Å². The fourth-order valence-electron chi connectivity index (χ4n) is 2.36. The molecule has 24 heavy (non-hydrogen) atoms. The Morgan fingerprint density at radius 2 is 1.88 bits per heavy atom. The third-order valence-corrected chi connectivity index (χ3v) is 3.74. The number of halogens is 1. The lowest BCUT2D eigenvalue weighted by Gasteiger charge is -2.18. The Balaban J connectivity index is 2.10. The quantitative estimate of drug-likeness (QED) is 0.583. The summed E-state index contributed by atoms with van der Waals surface area (Å²) in [7, 11) is 0. The first-order valence-electron chi connectivity index (χ1n) is 7.46. The van der Waals surface area contributed by atoms with E-state index in [0.29, 0.717) is 28.6 Å². The van der Waals surface area contributed by atoms with Crippen LogP contribution < -0.4 is 16.5 Å². The van der Waals surface area contributed by atoms with Crippen molar-refractivity contribution in [1.82, 2.24) is 14.5 Å². The van der Waals surface area contributed by atoms with Crippen LogP contribution in [0.15, 0.2) is 59.4 Å². The van der Waals surface area contributed by atoms with Crippen LogP contribution in [0.1, 0.15) is 12.7 Å². The van der Waals surface area contributed by atoms with E-state index < -0.39 is 5.69 Å². The van der Waals surface area contributed by atoms with Gasteiger partial charge in [0.15, 0.2) is 0 Å². The molecule has 7 heteroatoms. The lowest BCUT2D eigenvalue weighted by molar-refractivity contribution is 0.756. The normalized spacial score (nSPS) is 10.6. The Morgan fingerprint density at radius 1 is 1.12 bits per heavy atom. The first-order chi connectivity index (χ1) is 11.6. The zero-order valence-electron chi connectivity index (χ0n) is 13.1. The molecular formula is C17H16ClN5O. The number of aryl methyl sites for hydroxylation is 1. The smallest absolute Gasteiger partial charge is 0.248 e. The minimum absolute atomic E-state index is 0.154. The molecule has 1 aromatic heterocycles. The van der Waals surface area contributed by atoms with E-state index in [-0.39, 0.29) is 5.95 Å². The molecule has 0 aliphatic rings. The zero-order valence-corrected chi connectivity index (χ0v) is 13.8. The van der Waals surface area contributed by atoms with E-state index in [4.69, 9.17) is 17.4 Å². The highest BCUT2D eigenvalue weighted by atomic mass is 35.5. The molecule has 0 bridgehead atoms. The topological polar surface area (TPSA) is 77.0 Å².